The number of nitrogens with zero attached hydrogens (tertiary/aromatic N) is 1. The van der Waals surface area contributed by atoms with Crippen molar-refractivity contribution < 1.29 is 15.0 Å². The Bertz CT molecular complexity index is 872. The number of phenolic OH excluding ortho intramolecular Hbond substituents is 1. The molecule has 2 N–H and O–H groups in total. The van der Waals surface area contributed by atoms with Crippen LogP contribution in [0.1, 0.15) is 17.2 Å². The summed E-state index contributed by atoms with van der Waals surface area (Å²) in [6, 6.07) is 19.8. The van der Waals surface area contributed by atoms with Crippen molar-refractivity contribution in [3.63, 3.8) is 0 Å². The molecule has 23 heavy (non-hydrogen) atoms. The summed E-state index contributed by atoms with van der Waals surface area (Å²) in [4.78, 5) is 15.1. The van der Waals surface area contributed by atoms with Crippen LogP contribution in [0.4, 0.5) is 0 Å². The largest absolute Gasteiger partial charge is 0.508 e. The number of benzene rings is 3. The summed E-state index contributed by atoms with van der Waals surface area (Å²) in [5.74, 6) is -1.02. The van der Waals surface area contributed by atoms with Crippen LogP contribution in [0.5, 0.6) is 5.75 Å². The van der Waals surface area contributed by atoms with Gasteiger partial charge in [-0.15, -0.1) is 0 Å². The zero-order valence-electron chi connectivity index (χ0n) is 12.3. The number of phenols is 1. The van der Waals surface area contributed by atoms with Gasteiger partial charge in [0.25, 0.3) is 0 Å². The van der Waals surface area contributed by atoms with Crippen molar-refractivity contribution in [1.29, 1.82) is 0 Å². The minimum atomic E-state index is -1.12. The lowest BCUT2D eigenvalue weighted by molar-refractivity contribution is -0.128. The molecular formula is C19H15NO3. The first kappa shape index (κ1) is 14.8. The molecular weight excluding hydrogens is 290 g/mol. The maximum absolute atomic E-state index is 10.9. The monoisotopic (exact) mass is 305 g/mol. The van der Waals surface area contributed by atoms with Crippen molar-refractivity contribution in [2.75, 3.05) is 0 Å². The van der Waals surface area contributed by atoms with Gasteiger partial charge >= 0.3 is 5.97 Å². The number of aromatic hydroxyl groups is 1. The SMILES string of the molecule is O=C(O)C=N[C@@H](c1ccccc1)c1c(O)ccc2ccccc12. The predicted octanol–water partition coefficient (Wildman–Crippen LogP) is 3.79. The van der Waals surface area contributed by atoms with Gasteiger partial charge in [-0.3, -0.25) is 4.99 Å². The molecule has 1 atom stereocenters. The third-order valence-corrected chi connectivity index (χ3v) is 3.67. The molecule has 0 aliphatic heterocycles. The summed E-state index contributed by atoms with van der Waals surface area (Å²) in [6.07, 6.45) is 0.874. The van der Waals surface area contributed by atoms with E-state index in [-0.39, 0.29) is 5.75 Å². The highest BCUT2D eigenvalue weighted by molar-refractivity contribution is 6.22. The maximum Gasteiger partial charge on any atom is 0.346 e. The second-order valence-corrected chi connectivity index (χ2v) is 5.15. The van der Waals surface area contributed by atoms with Gasteiger partial charge in [0.1, 0.15) is 18.0 Å². The molecule has 3 rings (SSSR count). The van der Waals surface area contributed by atoms with E-state index in [2.05, 4.69) is 4.99 Å². The van der Waals surface area contributed by atoms with E-state index >= 15 is 0 Å². The van der Waals surface area contributed by atoms with Gasteiger partial charge in [-0.2, -0.15) is 0 Å². The van der Waals surface area contributed by atoms with E-state index in [1.807, 2.05) is 60.7 Å². The molecule has 0 unspecified atom stereocenters. The Kier molecular flexibility index (Phi) is 4.06. The number of aliphatic carboxylic acids is 1. The van der Waals surface area contributed by atoms with E-state index in [9.17, 15) is 9.90 Å². The van der Waals surface area contributed by atoms with Crippen LogP contribution in [0.3, 0.4) is 0 Å². The van der Waals surface area contributed by atoms with Gasteiger partial charge in [-0.05, 0) is 22.4 Å². The normalized spacial score (nSPS) is 12.5. The van der Waals surface area contributed by atoms with Crippen molar-refractivity contribution in [1.82, 2.24) is 0 Å². The lowest BCUT2D eigenvalue weighted by Gasteiger charge is -2.17. The summed E-state index contributed by atoms with van der Waals surface area (Å²) < 4.78 is 0. The summed E-state index contributed by atoms with van der Waals surface area (Å²) in [5.41, 5.74) is 1.42. The Labute approximate surface area is 133 Å². The first-order valence-corrected chi connectivity index (χ1v) is 7.18. The molecule has 0 amide bonds. The highest BCUT2D eigenvalue weighted by Crippen LogP contribution is 2.37. The average molecular weight is 305 g/mol. The molecule has 0 spiro atoms. The molecule has 0 fully saturated rings. The Morgan fingerprint density at radius 3 is 2.39 bits per heavy atom. The Balaban J connectivity index is 2.25. The number of carbonyl (C=O) groups is 1. The number of hydrogen-bond donors (Lipinski definition) is 2. The van der Waals surface area contributed by atoms with Gasteiger partial charge in [-0.25, -0.2) is 4.79 Å². The fraction of sp³-hybridized carbons (Fsp3) is 0.0526. The standard InChI is InChI=1S/C19H15NO3/c21-16-11-10-13-6-4-5-9-15(13)18(16)19(20-12-17(22)23)14-7-2-1-3-8-14/h1-12,19,21H,(H,22,23)/t19-/m0/s1. The molecule has 114 valence electrons. The third-order valence-electron chi connectivity index (χ3n) is 3.67. The molecule has 0 heterocycles. The summed E-state index contributed by atoms with van der Waals surface area (Å²) in [7, 11) is 0. The topological polar surface area (TPSA) is 69.9 Å². The summed E-state index contributed by atoms with van der Waals surface area (Å²) >= 11 is 0. The number of carboxylic acids is 1. The van der Waals surface area contributed by atoms with Crippen LogP contribution in [0.2, 0.25) is 0 Å². The number of hydrogen-bond acceptors (Lipinski definition) is 3. The minimum Gasteiger partial charge on any atom is -0.508 e. The number of rotatable bonds is 4. The Morgan fingerprint density at radius 2 is 1.65 bits per heavy atom. The molecule has 0 bridgehead atoms. The molecule has 0 aromatic heterocycles. The van der Waals surface area contributed by atoms with Crippen LogP contribution < -0.4 is 0 Å². The van der Waals surface area contributed by atoms with E-state index < -0.39 is 12.0 Å². The molecule has 4 heteroatoms. The van der Waals surface area contributed by atoms with E-state index in [1.54, 1.807) is 6.07 Å². The van der Waals surface area contributed by atoms with Gasteiger partial charge < -0.3 is 10.2 Å². The van der Waals surface area contributed by atoms with E-state index in [1.165, 1.54) is 0 Å². The van der Waals surface area contributed by atoms with Crippen molar-refractivity contribution in [3.8, 4) is 5.75 Å². The van der Waals surface area contributed by atoms with E-state index in [0.29, 0.717) is 5.56 Å². The van der Waals surface area contributed by atoms with Crippen LogP contribution in [0, 0.1) is 0 Å². The van der Waals surface area contributed by atoms with Crippen molar-refractivity contribution in [2.45, 2.75) is 6.04 Å². The minimum absolute atomic E-state index is 0.0973. The van der Waals surface area contributed by atoms with E-state index in [0.717, 1.165) is 22.6 Å². The first-order valence-electron chi connectivity index (χ1n) is 7.18. The predicted molar refractivity (Wildman–Crippen MR) is 90.0 cm³/mol. The van der Waals surface area contributed by atoms with Crippen molar-refractivity contribution >= 4 is 23.0 Å². The summed E-state index contributed by atoms with van der Waals surface area (Å²) in [5, 5.41) is 21.1. The highest BCUT2D eigenvalue weighted by Gasteiger charge is 2.19. The number of aliphatic imine (C=N–C) groups is 1. The molecule has 0 aliphatic carbocycles. The zero-order chi connectivity index (χ0) is 16.2. The quantitative estimate of drug-likeness (QED) is 0.720. The second-order valence-electron chi connectivity index (χ2n) is 5.15. The van der Waals surface area contributed by atoms with Crippen LogP contribution >= 0.6 is 0 Å². The maximum atomic E-state index is 10.9. The van der Waals surface area contributed by atoms with Crippen molar-refractivity contribution in [2.24, 2.45) is 4.99 Å². The van der Waals surface area contributed by atoms with Crippen LogP contribution in [0.15, 0.2) is 71.7 Å². The lowest BCUT2D eigenvalue weighted by Crippen LogP contribution is -2.03. The van der Waals surface area contributed by atoms with Crippen molar-refractivity contribution in [3.05, 3.63) is 77.9 Å². The fourth-order valence-electron chi connectivity index (χ4n) is 2.67. The van der Waals surface area contributed by atoms with Gasteiger partial charge in [0.05, 0.1) is 0 Å². The van der Waals surface area contributed by atoms with E-state index in [4.69, 9.17) is 5.11 Å². The van der Waals surface area contributed by atoms with Crippen LogP contribution in [-0.4, -0.2) is 22.4 Å². The van der Waals surface area contributed by atoms with Gasteiger partial charge in [0.2, 0.25) is 0 Å². The number of carboxylic acid groups (broad SMARTS) is 1. The highest BCUT2D eigenvalue weighted by atomic mass is 16.4. The van der Waals surface area contributed by atoms with Gasteiger partial charge in [0.15, 0.2) is 0 Å². The zero-order valence-corrected chi connectivity index (χ0v) is 12.3. The fourth-order valence-corrected chi connectivity index (χ4v) is 2.67. The number of fused-ring (bicyclic) bond motifs is 1. The molecule has 3 aromatic carbocycles. The van der Waals surface area contributed by atoms with Gasteiger partial charge in [-0.1, -0.05) is 60.7 Å². The molecule has 3 aromatic rings. The molecule has 0 saturated carbocycles. The Morgan fingerprint density at radius 1 is 0.957 bits per heavy atom. The third kappa shape index (κ3) is 3.06. The average Bonchev–Trinajstić information content (AvgIpc) is 2.57. The second kappa shape index (κ2) is 6.32. The molecule has 0 aliphatic rings. The first-order chi connectivity index (χ1) is 11.2. The van der Waals surface area contributed by atoms with Gasteiger partial charge in [0, 0.05) is 5.56 Å². The molecule has 4 nitrogen and oxygen atoms in total. The summed E-state index contributed by atoms with van der Waals surface area (Å²) in [6.45, 7) is 0. The molecule has 0 radical (unpaired) electrons. The molecule has 0 saturated heterocycles. The smallest absolute Gasteiger partial charge is 0.346 e. The van der Waals surface area contributed by atoms with Crippen LogP contribution in [-0.2, 0) is 4.79 Å². The van der Waals surface area contributed by atoms with Crippen LogP contribution in [0.25, 0.3) is 10.8 Å². The lowest BCUT2D eigenvalue weighted by atomic mass is 9.93. The Hall–Kier alpha value is -3.14.